The van der Waals surface area contributed by atoms with Crippen LogP contribution in [-0.4, -0.2) is 30.0 Å². The van der Waals surface area contributed by atoms with Crippen LogP contribution >= 0.6 is 0 Å². The summed E-state index contributed by atoms with van der Waals surface area (Å²) in [6.45, 7) is 0. The van der Waals surface area contributed by atoms with Gasteiger partial charge in [0.15, 0.2) is 5.82 Å². The van der Waals surface area contributed by atoms with Crippen LogP contribution in [0.5, 0.6) is 5.75 Å². The molecule has 0 aliphatic rings. The molecule has 26 heavy (non-hydrogen) atoms. The molecule has 0 bridgehead atoms. The number of nitrogens with zero attached hydrogens (tertiary/aromatic N) is 3. The zero-order valence-electron chi connectivity index (χ0n) is 14.3. The van der Waals surface area contributed by atoms with Crippen LogP contribution in [0.3, 0.4) is 0 Å². The smallest absolute Gasteiger partial charge is 0.406 e. The van der Waals surface area contributed by atoms with E-state index in [1.54, 1.807) is 44.2 Å². The van der Waals surface area contributed by atoms with Crippen molar-refractivity contribution in [3.8, 4) is 16.9 Å². The number of fused-ring (bicyclic) bond motifs is 1. The van der Waals surface area contributed by atoms with Crippen LogP contribution in [0.25, 0.3) is 22.2 Å². The standard InChI is InChI=1S/C18H16F3N3O2/c1-23(2)16-17(25)24(3)15-10-12(6-9-14(15)22-16)11-4-7-13(8-5-11)26-18(19,20)21/h4-10H,1-3H3. The number of rotatable bonds is 3. The highest BCUT2D eigenvalue weighted by molar-refractivity contribution is 5.82. The molecule has 8 heteroatoms. The van der Waals surface area contributed by atoms with Crippen molar-refractivity contribution in [2.45, 2.75) is 6.36 Å². The predicted molar refractivity (Wildman–Crippen MR) is 93.4 cm³/mol. The second-order valence-corrected chi connectivity index (χ2v) is 5.97. The molecule has 0 aliphatic heterocycles. The highest BCUT2D eigenvalue weighted by Crippen LogP contribution is 2.28. The summed E-state index contributed by atoms with van der Waals surface area (Å²) < 4.78 is 42.1. The third-order valence-corrected chi connectivity index (χ3v) is 3.90. The molecule has 0 N–H and O–H groups in total. The number of halogens is 3. The average molecular weight is 363 g/mol. The maximum Gasteiger partial charge on any atom is 0.573 e. The van der Waals surface area contributed by atoms with Crippen molar-refractivity contribution in [2.24, 2.45) is 7.05 Å². The summed E-state index contributed by atoms with van der Waals surface area (Å²) in [6.07, 6.45) is -4.72. The molecule has 0 spiro atoms. The van der Waals surface area contributed by atoms with Gasteiger partial charge in [0.1, 0.15) is 5.75 Å². The second kappa shape index (κ2) is 6.36. The first kappa shape index (κ1) is 17.8. The molecule has 0 saturated heterocycles. The van der Waals surface area contributed by atoms with Crippen LogP contribution in [0.15, 0.2) is 47.3 Å². The molecule has 0 saturated carbocycles. The maximum atomic E-state index is 12.4. The molecule has 2 aromatic carbocycles. The average Bonchev–Trinajstić information content (AvgIpc) is 2.57. The normalized spacial score (nSPS) is 11.6. The van der Waals surface area contributed by atoms with Crippen LogP contribution in [0.1, 0.15) is 0 Å². The van der Waals surface area contributed by atoms with Crippen LogP contribution < -0.4 is 15.2 Å². The Bertz CT molecular complexity index is 1010. The SMILES string of the molecule is CN(C)c1nc2ccc(-c3ccc(OC(F)(F)F)cc3)cc2n(C)c1=O. The van der Waals surface area contributed by atoms with Crippen molar-refractivity contribution in [2.75, 3.05) is 19.0 Å². The third-order valence-electron chi connectivity index (χ3n) is 3.90. The van der Waals surface area contributed by atoms with Gasteiger partial charge in [-0.25, -0.2) is 4.98 Å². The summed E-state index contributed by atoms with van der Waals surface area (Å²) in [6, 6.07) is 10.9. The number of ether oxygens (including phenoxy) is 1. The van der Waals surface area contributed by atoms with Crippen molar-refractivity contribution in [3.05, 3.63) is 52.8 Å². The number of alkyl halides is 3. The topological polar surface area (TPSA) is 47.4 Å². The lowest BCUT2D eigenvalue weighted by atomic mass is 10.0. The number of hydrogen-bond donors (Lipinski definition) is 0. The molecule has 0 atom stereocenters. The first-order chi connectivity index (χ1) is 12.2. The van der Waals surface area contributed by atoms with Gasteiger partial charge in [-0.3, -0.25) is 4.79 Å². The molecule has 5 nitrogen and oxygen atoms in total. The third kappa shape index (κ3) is 3.49. The van der Waals surface area contributed by atoms with E-state index in [-0.39, 0.29) is 11.3 Å². The molecule has 3 rings (SSSR count). The summed E-state index contributed by atoms with van der Waals surface area (Å²) in [5.74, 6) is 0.0492. The van der Waals surface area contributed by atoms with E-state index in [9.17, 15) is 18.0 Å². The Morgan fingerprint density at radius 3 is 2.23 bits per heavy atom. The molecule has 136 valence electrons. The van der Waals surface area contributed by atoms with Crippen LogP contribution in [0.4, 0.5) is 19.0 Å². The molecule has 3 aromatic rings. The van der Waals surface area contributed by atoms with Crippen molar-refractivity contribution in [1.29, 1.82) is 0 Å². The molecule has 0 unspecified atom stereocenters. The quantitative estimate of drug-likeness (QED) is 0.714. The van der Waals surface area contributed by atoms with E-state index in [0.717, 1.165) is 5.56 Å². The summed E-state index contributed by atoms with van der Waals surface area (Å²) in [5.41, 5.74) is 2.51. The van der Waals surface area contributed by atoms with Gasteiger partial charge in [-0.2, -0.15) is 0 Å². The van der Waals surface area contributed by atoms with E-state index in [4.69, 9.17) is 0 Å². The summed E-state index contributed by atoms with van der Waals surface area (Å²) >= 11 is 0. The molecule has 0 radical (unpaired) electrons. The van der Waals surface area contributed by atoms with Crippen LogP contribution in [0.2, 0.25) is 0 Å². The van der Waals surface area contributed by atoms with Gasteiger partial charge in [0.05, 0.1) is 11.0 Å². The van der Waals surface area contributed by atoms with Gasteiger partial charge in [0, 0.05) is 21.1 Å². The van der Waals surface area contributed by atoms with Crippen molar-refractivity contribution in [1.82, 2.24) is 9.55 Å². The van der Waals surface area contributed by atoms with Gasteiger partial charge in [-0.15, -0.1) is 13.2 Å². The highest BCUT2D eigenvalue weighted by atomic mass is 19.4. The van der Waals surface area contributed by atoms with E-state index in [1.165, 1.54) is 28.8 Å². The maximum absolute atomic E-state index is 12.4. The number of aryl methyl sites for hydroxylation is 1. The van der Waals surface area contributed by atoms with Crippen molar-refractivity contribution in [3.63, 3.8) is 0 Å². The monoisotopic (exact) mass is 363 g/mol. The van der Waals surface area contributed by atoms with E-state index in [2.05, 4.69) is 9.72 Å². The first-order valence-corrected chi connectivity index (χ1v) is 7.70. The number of aromatic nitrogens is 2. The zero-order valence-corrected chi connectivity index (χ0v) is 14.3. The fourth-order valence-corrected chi connectivity index (χ4v) is 2.63. The lowest BCUT2D eigenvalue weighted by molar-refractivity contribution is -0.274. The van der Waals surface area contributed by atoms with Gasteiger partial charge in [-0.05, 0) is 35.4 Å². The van der Waals surface area contributed by atoms with E-state index in [0.29, 0.717) is 22.4 Å². The lowest BCUT2D eigenvalue weighted by Crippen LogP contribution is -2.27. The highest BCUT2D eigenvalue weighted by Gasteiger charge is 2.30. The fourth-order valence-electron chi connectivity index (χ4n) is 2.63. The minimum absolute atomic E-state index is 0.228. The van der Waals surface area contributed by atoms with E-state index >= 15 is 0 Å². The van der Waals surface area contributed by atoms with Gasteiger partial charge in [0.25, 0.3) is 5.56 Å². The van der Waals surface area contributed by atoms with E-state index < -0.39 is 6.36 Å². The van der Waals surface area contributed by atoms with Crippen molar-refractivity contribution >= 4 is 16.9 Å². The second-order valence-electron chi connectivity index (χ2n) is 5.97. The van der Waals surface area contributed by atoms with Gasteiger partial charge < -0.3 is 14.2 Å². The van der Waals surface area contributed by atoms with Crippen LogP contribution in [0, 0.1) is 0 Å². The Hall–Kier alpha value is -3.03. The molecule has 0 fully saturated rings. The summed E-state index contributed by atoms with van der Waals surface area (Å²) in [5, 5.41) is 0. The number of hydrogen-bond acceptors (Lipinski definition) is 4. The molecule has 0 aliphatic carbocycles. The lowest BCUT2D eigenvalue weighted by Gasteiger charge is -2.14. The predicted octanol–water partition coefficient (Wildman–Crippen LogP) is 3.57. The number of anilines is 1. The zero-order chi connectivity index (χ0) is 19.1. The molecule has 0 amide bonds. The molecular formula is C18H16F3N3O2. The Balaban J connectivity index is 2.03. The summed E-state index contributed by atoms with van der Waals surface area (Å²) in [7, 11) is 5.15. The van der Waals surface area contributed by atoms with Gasteiger partial charge >= 0.3 is 6.36 Å². The molecule has 1 heterocycles. The van der Waals surface area contributed by atoms with Gasteiger partial charge in [-0.1, -0.05) is 18.2 Å². The summed E-state index contributed by atoms with van der Waals surface area (Å²) in [4.78, 5) is 18.4. The Labute approximate surface area is 147 Å². The van der Waals surface area contributed by atoms with E-state index in [1.807, 2.05) is 0 Å². The molecule has 1 aromatic heterocycles. The Morgan fingerprint density at radius 1 is 1.04 bits per heavy atom. The Morgan fingerprint density at radius 2 is 1.65 bits per heavy atom. The fraction of sp³-hybridized carbons (Fsp3) is 0.222. The van der Waals surface area contributed by atoms with Crippen molar-refractivity contribution < 1.29 is 17.9 Å². The number of benzene rings is 2. The minimum atomic E-state index is -4.72. The Kier molecular flexibility index (Phi) is 4.35. The van der Waals surface area contributed by atoms with Crippen LogP contribution in [-0.2, 0) is 7.05 Å². The minimum Gasteiger partial charge on any atom is -0.406 e. The first-order valence-electron chi connectivity index (χ1n) is 7.70. The van der Waals surface area contributed by atoms with Gasteiger partial charge in [0.2, 0.25) is 0 Å². The molecular weight excluding hydrogens is 347 g/mol. The largest absolute Gasteiger partial charge is 0.573 e.